The van der Waals surface area contributed by atoms with E-state index in [9.17, 15) is 0 Å². The molecular formula is C2H6NO5P. The van der Waals surface area contributed by atoms with E-state index in [0.717, 1.165) is 0 Å². The molecule has 0 aromatic rings. The summed E-state index contributed by atoms with van der Waals surface area (Å²) in [6.45, 7) is 1.67. The highest BCUT2D eigenvalue weighted by molar-refractivity contribution is 7.25. The molecule has 0 aliphatic heterocycles. The maximum absolute atomic E-state index is 7.49. The van der Waals surface area contributed by atoms with E-state index in [1.807, 2.05) is 0 Å². The molecule has 0 fully saturated rings. The second kappa shape index (κ2) is 7.74. The lowest BCUT2D eigenvalue weighted by Crippen LogP contribution is -1.82. The summed E-state index contributed by atoms with van der Waals surface area (Å²) in [6, 6.07) is 0. The van der Waals surface area contributed by atoms with E-state index in [4.69, 9.17) is 5.26 Å². The van der Waals surface area contributed by atoms with Crippen LogP contribution in [0.15, 0.2) is 5.16 Å². The van der Waals surface area contributed by atoms with E-state index in [-0.39, 0.29) is 0 Å². The lowest BCUT2D eigenvalue weighted by Gasteiger charge is -1.93. The smallest absolute Gasteiger partial charge is 0.284 e. The summed E-state index contributed by atoms with van der Waals surface area (Å²) in [5, 5.41) is 17.4. The number of rotatable bonds is 5. The highest BCUT2D eigenvalue weighted by Crippen LogP contribution is 2.13. The van der Waals surface area contributed by atoms with Gasteiger partial charge in [-0.1, -0.05) is 5.16 Å². The van der Waals surface area contributed by atoms with Gasteiger partial charge >= 0.3 is 0 Å². The lowest BCUT2D eigenvalue weighted by atomic mass is 10.9. The Morgan fingerprint density at radius 2 is 2.44 bits per heavy atom. The summed E-state index contributed by atoms with van der Waals surface area (Å²) in [5.41, 5.74) is 0. The molecule has 1 unspecified atom stereocenters. The molecule has 0 spiro atoms. The van der Waals surface area contributed by atoms with Crippen LogP contribution in [0.1, 0.15) is 6.92 Å². The van der Waals surface area contributed by atoms with Gasteiger partial charge in [-0.3, -0.25) is 0 Å². The number of oxime groups is 1. The van der Waals surface area contributed by atoms with Crippen LogP contribution in [0.3, 0.4) is 0 Å². The predicted molar refractivity (Wildman–Crippen MR) is 29.4 cm³/mol. The Labute approximate surface area is 53.1 Å². The van der Waals surface area contributed by atoms with Crippen molar-refractivity contribution >= 4 is 15.2 Å². The minimum Gasteiger partial charge on any atom is -0.347 e. The van der Waals surface area contributed by atoms with Crippen LogP contribution in [0.5, 0.6) is 0 Å². The van der Waals surface area contributed by atoms with Crippen LogP contribution in [0.2, 0.25) is 0 Å². The molecule has 0 saturated heterocycles. The Morgan fingerprint density at radius 1 is 1.67 bits per heavy atom. The summed E-state index contributed by atoms with van der Waals surface area (Å²) < 4.78 is 8.35. The molecule has 0 saturated carbocycles. The standard InChI is InChI=1S/C2H6NO5P/c1-2-3-5-9-8-7-6-4/h2,4,9H,1H3. The zero-order chi connectivity index (χ0) is 6.95. The van der Waals surface area contributed by atoms with Crippen LogP contribution in [0.25, 0.3) is 0 Å². The molecule has 6 nitrogen and oxygen atoms in total. The molecule has 0 amide bonds. The normalized spacial score (nSPS) is 11.8. The first-order valence-corrected chi connectivity index (χ1v) is 2.76. The van der Waals surface area contributed by atoms with Gasteiger partial charge in [0.15, 0.2) is 0 Å². The summed E-state index contributed by atoms with van der Waals surface area (Å²) in [6.07, 6.45) is 1.43. The third-order valence-electron chi connectivity index (χ3n) is 0.294. The van der Waals surface area contributed by atoms with Gasteiger partial charge in [-0.2, -0.15) is 0 Å². The van der Waals surface area contributed by atoms with Gasteiger partial charge in [0, 0.05) is 6.21 Å². The minimum atomic E-state index is -0.459. The van der Waals surface area contributed by atoms with Crippen molar-refractivity contribution in [2.45, 2.75) is 6.92 Å². The van der Waals surface area contributed by atoms with Gasteiger partial charge in [-0.05, 0) is 17.0 Å². The third-order valence-corrected chi connectivity index (χ3v) is 0.610. The largest absolute Gasteiger partial charge is 0.347 e. The van der Waals surface area contributed by atoms with Gasteiger partial charge in [0.25, 0.3) is 9.03 Å². The molecule has 1 atom stereocenters. The first kappa shape index (κ1) is 8.74. The van der Waals surface area contributed by atoms with Gasteiger partial charge in [-0.15, -0.1) is 4.67 Å². The van der Waals surface area contributed by atoms with Crippen LogP contribution in [0, 0.1) is 0 Å². The summed E-state index contributed by atoms with van der Waals surface area (Å²) in [4.78, 5) is 0. The molecule has 0 aliphatic carbocycles. The first-order valence-electron chi connectivity index (χ1n) is 1.94. The van der Waals surface area contributed by atoms with Gasteiger partial charge in [0.2, 0.25) is 0 Å². The molecule has 9 heavy (non-hydrogen) atoms. The fraction of sp³-hybridized carbons (Fsp3) is 0.500. The number of hydrogen-bond donors (Lipinski definition) is 1. The van der Waals surface area contributed by atoms with Crippen molar-refractivity contribution in [1.29, 1.82) is 0 Å². The van der Waals surface area contributed by atoms with E-state index >= 15 is 0 Å². The molecule has 0 bridgehead atoms. The van der Waals surface area contributed by atoms with Crippen molar-refractivity contribution in [3.05, 3.63) is 0 Å². The Balaban J connectivity index is 2.75. The van der Waals surface area contributed by atoms with Crippen molar-refractivity contribution in [1.82, 2.24) is 0 Å². The van der Waals surface area contributed by atoms with Crippen molar-refractivity contribution in [2.75, 3.05) is 0 Å². The summed E-state index contributed by atoms with van der Waals surface area (Å²) >= 11 is 0. The first-order chi connectivity index (χ1) is 4.41. The van der Waals surface area contributed by atoms with E-state index in [1.54, 1.807) is 6.92 Å². The third kappa shape index (κ3) is 7.74. The molecule has 0 heterocycles. The van der Waals surface area contributed by atoms with E-state index in [0.29, 0.717) is 0 Å². The second-order valence-corrected chi connectivity index (χ2v) is 1.28. The highest BCUT2D eigenvalue weighted by atomic mass is 31.1. The van der Waals surface area contributed by atoms with Crippen LogP contribution < -0.4 is 0 Å². The molecule has 1 N–H and O–H groups in total. The predicted octanol–water partition coefficient (Wildman–Crippen LogP) is 0.870. The molecule has 0 radical (unpaired) electrons. The van der Waals surface area contributed by atoms with Gasteiger partial charge in [0.1, 0.15) is 0 Å². The van der Waals surface area contributed by atoms with Crippen LogP contribution in [0.4, 0.5) is 0 Å². The molecule has 0 aromatic heterocycles. The summed E-state index contributed by atoms with van der Waals surface area (Å²) in [5.74, 6) is 0. The quantitative estimate of drug-likeness (QED) is 0.210. The fourth-order valence-electron chi connectivity index (χ4n) is 0.119. The van der Waals surface area contributed by atoms with Crippen molar-refractivity contribution in [2.24, 2.45) is 5.16 Å². The van der Waals surface area contributed by atoms with Crippen molar-refractivity contribution < 1.29 is 24.6 Å². The molecule has 0 aliphatic rings. The van der Waals surface area contributed by atoms with E-state index in [1.165, 1.54) is 6.21 Å². The molecule has 0 aromatic carbocycles. The Kier molecular flexibility index (Phi) is 7.52. The average molecular weight is 155 g/mol. The maximum atomic E-state index is 7.49. The van der Waals surface area contributed by atoms with Crippen molar-refractivity contribution in [3.63, 3.8) is 0 Å². The topological polar surface area (TPSA) is 69.5 Å². The number of nitrogens with zero attached hydrogens (tertiary/aromatic N) is 1. The lowest BCUT2D eigenvalue weighted by molar-refractivity contribution is -0.594. The number of hydrogen-bond acceptors (Lipinski definition) is 6. The van der Waals surface area contributed by atoms with Gasteiger partial charge in [-0.25, -0.2) is 5.26 Å². The SMILES string of the molecule is CC=NOPOOOO. The van der Waals surface area contributed by atoms with Crippen molar-refractivity contribution in [3.8, 4) is 0 Å². The molecule has 0 rings (SSSR count). The Hall–Kier alpha value is -0.260. The van der Waals surface area contributed by atoms with Gasteiger partial charge < -0.3 is 4.62 Å². The highest BCUT2D eigenvalue weighted by Gasteiger charge is 1.84. The maximum Gasteiger partial charge on any atom is 0.284 e. The summed E-state index contributed by atoms with van der Waals surface area (Å²) in [7, 11) is -0.459. The molecular weight excluding hydrogens is 149 g/mol. The molecule has 7 heteroatoms. The van der Waals surface area contributed by atoms with E-state index < -0.39 is 9.03 Å². The zero-order valence-electron chi connectivity index (χ0n) is 4.60. The van der Waals surface area contributed by atoms with Crippen LogP contribution in [-0.4, -0.2) is 11.5 Å². The minimum absolute atomic E-state index is 0.459. The van der Waals surface area contributed by atoms with Gasteiger partial charge in [0.05, 0.1) is 0 Å². The van der Waals surface area contributed by atoms with Crippen LogP contribution in [-0.2, 0) is 19.4 Å². The fourth-order valence-corrected chi connectivity index (χ4v) is 0.356. The zero-order valence-corrected chi connectivity index (χ0v) is 5.60. The average Bonchev–Trinajstić information content (AvgIpc) is 1.89. The monoisotopic (exact) mass is 155 g/mol. The second-order valence-electron chi connectivity index (χ2n) is 0.764. The Bertz CT molecular complexity index is 77.4. The van der Waals surface area contributed by atoms with E-state index in [2.05, 4.69) is 24.5 Å². The Morgan fingerprint density at radius 3 is 3.00 bits per heavy atom. The molecule has 54 valence electrons. The van der Waals surface area contributed by atoms with Crippen LogP contribution >= 0.6 is 9.03 Å².